The highest BCUT2D eigenvalue weighted by Gasteiger charge is 2.32. The van der Waals surface area contributed by atoms with Gasteiger partial charge in [-0.2, -0.15) is 5.10 Å². The van der Waals surface area contributed by atoms with E-state index < -0.39 is 0 Å². The second kappa shape index (κ2) is 7.10. The van der Waals surface area contributed by atoms with E-state index in [0.29, 0.717) is 5.92 Å². The van der Waals surface area contributed by atoms with Crippen molar-refractivity contribution < 1.29 is 0 Å². The first-order valence-corrected chi connectivity index (χ1v) is 9.34. The van der Waals surface area contributed by atoms with Gasteiger partial charge in [-0.25, -0.2) is 0 Å². The Labute approximate surface area is 146 Å². The molecule has 2 N–H and O–H groups in total. The van der Waals surface area contributed by atoms with Gasteiger partial charge >= 0.3 is 0 Å². The summed E-state index contributed by atoms with van der Waals surface area (Å²) < 4.78 is 2.29. The van der Waals surface area contributed by atoms with Crippen LogP contribution >= 0.6 is 0 Å². The van der Waals surface area contributed by atoms with Crippen LogP contribution in [0.5, 0.6) is 0 Å². The lowest BCUT2D eigenvalue weighted by atomic mass is 9.79. The molecule has 0 bridgehead atoms. The van der Waals surface area contributed by atoms with Crippen LogP contribution in [0.3, 0.4) is 0 Å². The third kappa shape index (κ3) is 3.56. The summed E-state index contributed by atoms with van der Waals surface area (Å²) in [6.45, 7) is 8.56. The summed E-state index contributed by atoms with van der Waals surface area (Å²) in [5, 5.41) is 5.05. The number of nitrogens with two attached hydrogens (primary N) is 1. The fraction of sp³-hybridized carbons (Fsp3) is 0.571. The van der Waals surface area contributed by atoms with Crippen molar-refractivity contribution in [1.29, 1.82) is 0 Å². The molecule has 1 aromatic heterocycles. The molecule has 1 heterocycles. The molecule has 24 heavy (non-hydrogen) atoms. The monoisotopic (exact) mass is 325 g/mol. The van der Waals surface area contributed by atoms with Crippen molar-refractivity contribution >= 4 is 0 Å². The third-order valence-corrected chi connectivity index (χ3v) is 5.15. The van der Waals surface area contributed by atoms with E-state index in [9.17, 15) is 0 Å². The van der Waals surface area contributed by atoms with E-state index in [1.54, 1.807) is 0 Å². The van der Waals surface area contributed by atoms with Crippen LogP contribution in [0.1, 0.15) is 68.5 Å². The van der Waals surface area contributed by atoms with Crippen molar-refractivity contribution in [2.75, 3.05) is 6.54 Å². The van der Waals surface area contributed by atoms with Gasteiger partial charge in [-0.15, -0.1) is 0 Å². The second-order valence-corrected chi connectivity index (χ2v) is 8.10. The minimum absolute atomic E-state index is 0.0829. The van der Waals surface area contributed by atoms with Crippen molar-refractivity contribution in [1.82, 2.24) is 9.78 Å². The molecule has 1 aliphatic rings. The van der Waals surface area contributed by atoms with Gasteiger partial charge in [0.1, 0.15) is 0 Å². The zero-order valence-corrected chi connectivity index (χ0v) is 15.4. The first kappa shape index (κ1) is 17.2. The summed E-state index contributed by atoms with van der Waals surface area (Å²) in [4.78, 5) is 0. The van der Waals surface area contributed by atoms with Gasteiger partial charge in [-0.05, 0) is 50.1 Å². The molecule has 0 fully saturated rings. The lowest BCUT2D eigenvalue weighted by molar-refractivity contribution is 0.505. The molecule has 1 aromatic carbocycles. The summed E-state index contributed by atoms with van der Waals surface area (Å²) >= 11 is 0. The number of hydrogen-bond acceptors (Lipinski definition) is 2. The normalized spacial score (nSPS) is 17.8. The van der Waals surface area contributed by atoms with Gasteiger partial charge in [0.25, 0.3) is 0 Å². The molecule has 0 saturated heterocycles. The first-order chi connectivity index (χ1) is 11.5. The predicted molar refractivity (Wildman–Crippen MR) is 100 cm³/mol. The van der Waals surface area contributed by atoms with Crippen LogP contribution in [0.15, 0.2) is 30.3 Å². The van der Waals surface area contributed by atoms with Gasteiger partial charge in [0, 0.05) is 23.2 Å². The predicted octanol–water partition coefficient (Wildman–Crippen LogP) is 4.19. The molecule has 0 radical (unpaired) electrons. The molecule has 1 atom stereocenters. The smallest absolute Gasteiger partial charge is 0.0716 e. The standard InChI is InChI=1S/C21H31N3/c1-21(2,3)20-19-17(15-22)12-7-13-18(19)24(23-20)14-8-11-16-9-5-4-6-10-16/h4-6,9-10,17H,7-8,11-15,22H2,1-3H3. The Morgan fingerprint density at radius 3 is 2.62 bits per heavy atom. The molecule has 0 amide bonds. The molecule has 130 valence electrons. The number of nitrogens with zero attached hydrogens (tertiary/aromatic N) is 2. The van der Waals surface area contributed by atoms with Crippen LogP contribution in [0.25, 0.3) is 0 Å². The van der Waals surface area contributed by atoms with E-state index in [-0.39, 0.29) is 5.41 Å². The lowest BCUT2D eigenvalue weighted by Crippen LogP contribution is -2.23. The molecular weight excluding hydrogens is 294 g/mol. The van der Waals surface area contributed by atoms with Crippen molar-refractivity contribution in [3.63, 3.8) is 0 Å². The highest BCUT2D eigenvalue weighted by atomic mass is 15.3. The molecule has 2 aromatic rings. The van der Waals surface area contributed by atoms with E-state index in [2.05, 4.69) is 55.8 Å². The minimum Gasteiger partial charge on any atom is -0.330 e. The number of benzene rings is 1. The fourth-order valence-corrected chi connectivity index (χ4v) is 3.92. The quantitative estimate of drug-likeness (QED) is 0.895. The maximum Gasteiger partial charge on any atom is 0.0716 e. The van der Waals surface area contributed by atoms with Gasteiger partial charge in [0.05, 0.1) is 5.69 Å². The van der Waals surface area contributed by atoms with Gasteiger partial charge in [0.15, 0.2) is 0 Å². The molecule has 0 aliphatic heterocycles. The minimum atomic E-state index is 0.0829. The van der Waals surface area contributed by atoms with Crippen LogP contribution < -0.4 is 5.73 Å². The Hall–Kier alpha value is -1.61. The Kier molecular flexibility index (Phi) is 5.09. The third-order valence-electron chi connectivity index (χ3n) is 5.15. The molecule has 3 nitrogen and oxygen atoms in total. The Morgan fingerprint density at radius 2 is 1.96 bits per heavy atom. The van der Waals surface area contributed by atoms with Gasteiger partial charge in [-0.1, -0.05) is 51.1 Å². The summed E-state index contributed by atoms with van der Waals surface area (Å²) in [5.41, 5.74) is 11.8. The van der Waals surface area contributed by atoms with Crippen LogP contribution in [0.4, 0.5) is 0 Å². The van der Waals surface area contributed by atoms with Crippen LogP contribution in [-0.4, -0.2) is 16.3 Å². The highest BCUT2D eigenvalue weighted by molar-refractivity contribution is 5.37. The highest BCUT2D eigenvalue weighted by Crippen LogP contribution is 2.38. The largest absolute Gasteiger partial charge is 0.330 e. The van der Waals surface area contributed by atoms with Gasteiger partial charge in [-0.3, -0.25) is 4.68 Å². The molecule has 0 spiro atoms. The van der Waals surface area contributed by atoms with E-state index >= 15 is 0 Å². The number of aromatic nitrogens is 2. The van der Waals surface area contributed by atoms with Crippen LogP contribution in [0, 0.1) is 0 Å². The molecule has 3 heteroatoms. The fourth-order valence-electron chi connectivity index (χ4n) is 3.92. The number of rotatable bonds is 5. The van der Waals surface area contributed by atoms with Gasteiger partial charge < -0.3 is 5.73 Å². The molecule has 3 rings (SSSR count). The molecule has 0 saturated carbocycles. The summed E-state index contributed by atoms with van der Waals surface area (Å²) in [6, 6.07) is 10.7. The van der Waals surface area contributed by atoms with E-state index in [1.165, 1.54) is 35.4 Å². The van der Waals surface area contributed by atoms with Gasteiger partial charge in [0.2, 0.25) is 0 Å². The summed E-state index contributed by atoms with van der Waals surface area (Å²) in [5.74, 6) is 0.492. The van der Waals surface area contributed by atoms with Crippen molar-refractivity contribution in [2.24, 2.45) is 5.73 Å². The Bertz CT molecular complexity index is 664. The van der Waals surface area contributed by atoms with Crippen molar-refractivity contribution in [2.45, 2.75) is 70.8 Å². The average molecular weight is 326 g/mol. The maximum atomic E-state index is 6.08. The number of aryl methyl sites for hydroxylation is 2. The van der Waals surface area contributed by atoms with E-state index in [0.717, 1.165) is 32.4 Å². The topological polar surface area (TPSA) is 43.8 Å². The first-order valence-electron chi connectivity index (χ1n) is 9.34. The van der Waals surface area contributed by atoms with Crippen LogP contribution in [-0.2, 0) is 24.8 Å². The Balaban J connectivity index is 1.82. The summed E-state index contributed by atoms with van der Waals surface area (Å²) in [6.07, 6.45) is 5.85. The van der Waals surface area contributed by atoms with Crippen molar-refractivity contribution in [3.05, 3.63) is 52.8 Å². The maximum absolute atomic E-state index is 6.08. The molecule has 1 unspecified atom stereocenters. The Morgan fingerprint density at radius 1 is 1.21 bits per heavy atom. The lowest BCUT2D eigenvalue weighted by Gasteiger charge is -2.26. The number of fused-ring (bicyclic) bond motifs is 1. The molecule has 1 aliphatic carbocycles. The van der Waals surface area contributed by atoms with Crippen LogP contribution in [0.2, 0.25) is 0 Å². The average Bonchev–Trinajstić information content (AvgIpc) is 2.95. The number of hydrogen-bond donors (Lipinski definition) is 1. The van der Waals surface area contributed by atoms with Crippen molar-refractivity contribution in [3.8, 4) is 0 Å². The zero-order valence-electron chi connectivity index (χ0n) is 15.4. The van der Waals surface area contributed by atoms with E-state index in [4.69, 9.17) is 10.8 Å². The molecular formula is C21H31N3. The zero-order chi connectivity index (χ0) is 17.2. The second-order valence-electron chi connectivity index (χ2n) is 8.10. The SMILES string of the molecule is CC(C)(C)c1nn(CCCc2ccccc2)c2c1C(CN)CCC2. The van der Waals surface area contributed by atoms with E-state index in [1.807, 2.05) is 0 Å². The summed E-state index contributed by atoms with van der Waals surface area (Å²) in [7, 11) is 0.